The summed E-state index contributed by atoms with van der Waals surface area (Å²) in [5, 5.41) is 3.01. The fourth-order valence-electron chi connectivity index (χ4n) is 5.65. The van der Waals surface area contributed by atoms with Gasteiger partial charge in [0.2, 0.25) is 11.3 Å². The van der Waals surface area contributed by atoms with Crippen molar-refractivity contribution in [1.29, 1.82) is 0 Å². The second kappa shape index (κ2) is 11.7. The molecule has 1 aliphatic heterocycles. The van der Waals surface area contributed by atoms with Gasteiger partial charge in [0.25, 0.3) is 0 Å². The first-order valence-electron chi connectivity index (χ1n) is 14.4. The van der Waals surface area contributed by atoms with Crippen LogP contribution in [0.4, 0.5) is 10.5 Å². The monoisotopic (exact) mass is 595 g/mol. The summed E-state index contributed by atoms with van der Waals surface area (Å²) in [6.07, 6.45) is 5.92. The van der Waals surface area contributed by atoms with Crippen LogP contribution in [0.2, 0.25) is 0 Å². The van der Waals surface area contributed by atoms with E-state index in [0.29, 0.717) is 40.4 Å². The van der Waals surface area contributed by atoms with Gasteiger partial charge in [-0.1, -0.05) is 38.1 Å². The lowest BCUT2D eigenvalue weighted by atomic mass is 10.0. The second-order valence-corrected chi connectivity index (χ2v) is 11.2. The molecule has 0 spiro atoms. The van der Waals surface area contributed by atoms with Crippen molar-refractivity contribution in [3.63, 3.8) is 0 Å². The minimum atomic E-state index is -0.721. The van der Waals surface area contributed by atoms with Crippen molar-refractivity contribution in [2.75, 3.05) is 19.4 Å². The van der Waals surface area contributed by atoms with Crippen LogP contribution in [0.1, 0.15) is 38.6 Å². The molecule has 2 aromatic carbocycles. The summed E-state index contributed by atoms with van der Waals surface area (Å²) >= 11 is 0. The van der Waals surface area contributed by atoms with Crippen molar-refractivity contribution in [3.8, 4) is 33.8 Å². The number of anilines is 1. The zero-order valence-corrected chi connectivity index (χ0v) is 24.6. The minimum absolute atomic E-state index is 0.0228. The molecule has 1 fully saturated rings. The predicted molar refractivity (Wildman–Crippen MR) is 165 cm³/mol. The van der Waals surface area contributed by atoms with Crippen molar-refractivity contribution in [3.05, 3.63) is 77.2 Å². The molecule has 1 unspecified atom stereocenters. The Morgan fingerprint density at radius 3 is 2.55 bits per heavy atom. The number of hydrogen-bond donors (Lipinski definition) is 4. The van der Waals surface area contributed by atoms with Gasteiger partial charge in [-0.2, -0.15) is 0 Å². The van der Waals surface area contributed by atoms with Gasteiger partial charge in [-0.25, -0.2) is 14.8 Å². The number of carbonyl (C=O) groups is 2. The van der Waals surface area contributed by atoms with Gasteiger partial charge in [-0.3, -0.25) is 9.59 Å². The highest BCUT2D eigenvalue weighted by Gasteiger charge is 2.37. The number of nitrogen functional groups attached to an aromatic ring is 1. The molecule has 226 valence electrons. The Hall–Kier alpha value is -5.39. The fraction of sp³-hybridized carbons (Fsp3) is 0.281. The number of methoxy groups -OCH3 is 1. The normalized spacial score (nSPS) is 15.5. The zero-order valence-electron chi connectivity index (χ0n) is 24.6. The number of ether oxygens (including phenoxy) is 1. The quantitative estimate of drug-likeness (QED) is 0.206. The molecule has 2 amide bonds. The maximum atomic E-state index is 13.5. The number of benzene rings is 2. The number of hydrogen-bond acceptors (Lipinski definition) is 8. The lowest BCUT2D eigenvalue weighted by Gasteiger charge is -2.30. The number of alkyl carbamates (subject to hydrolysis) is 1. The standard InChI is InChI=1S/C32H33N7O5/c1-17(2)27(38-32(42)43-3)31(41)39-12-4-5-24(39)30-35-15-23(37-30)20-10-11-25-21(13-20)28(40)26(33)29(44-25)19-8-6-18(7-9-19)22-14-34-16-36-22/h6-11,13-17,24,27H,4-5,12,33H2,1-3H3,(H,34,36)(H,35,37)(H,38,42)/t24-,27?/m0/s1. The predicted octanol–water partition coefficient (Wildman–Crippen LogP) is 4.87. The zero-order chi connectivity index (χ0) is 31.0. The molecule has 6 rings (SSSR count). The molecule has 0 aliphatic carbocycles. The molecule has 0 bridgehead atoms. The number of nitrogens with two attached hydrogens (primary N) is 1. The number of fused-ring (bicyclic) bond motifs is 1. The number of aromatic nitrogens is 4. The van der Waals surface area contributed by atoms with Crippen LogP contribution in [-0.2, 0) is 9.53 Å². The minimum Gasteiger partial charge on any atom is -0.454 e. The third-order valence-electron chi connectivity index (χ3n) is 8.03. The lowest BCUT2D eigenvalue weighted by Crippen LogP contribution is -2.51. The van der Waals surface area contributed by atoms with Gasteiger partial charge in [0.15, 0.2) is 5.76 Å². The van der Waals surface area contributed by atoms with Crippen LogP contribution < -0.4 is 16.5 Å². The largest absolute Gasteiger partial charge is 0.454 e. The Bertz CT molecular complexity index is 1880. The van der Waals surface area contributed by atoms with Crippen LogP contribution >= 0.6 is 0 Å². The van der Waals surface area contributed by atoms with Crippen molar-refractivity contribution in [2.45, 2.75) is 38.8 Å². The van der Waals surface area contributed by atoms with Gasteiger partial charge in [0.05, 0.1) is 48.6 Å². The first-order chi connectivity index (χ1) is 21.2. The first-order valence-corrected chi connectivity index (χ1v) is 14.4. The number of nitrogens with zero attached hydrogens (tertiary/aromatic N) is 3. The van der Waals surface area contributed by atoms with Crippen molar-refractivity contribution < 1.29 is 18.7 Å². The summed E-state index contributed by atoms with van der Waals surface area (Å²) in [5.74, 6) is 0.625. The smallest absolute Gasteiger partial charge is 0.407 e. The van der Waals surface area contributed by atoms with E-state index in [9.17, 15) is 14.4 Å². The van der Waals surface area contributed by atoms with Crippen molar-refractivity contribution in [1.82, 2.24) is 30.2 Å². The van der Waals surface area contributed by atoms with Gasteiger partial charge in [0, 0.05) is 17.7 Å². The van der Waals surface area contributed by atoms with Crippen LogP contribution in [-0.4, -0.2) is 56.5 Å². The number of nitrogens with one attached hydrogen (secondary N) is 3. The molecule has 12 heteroatoms. The topological polar surface area (TPSA) is 172 Å². The van der Waals surface area contributed by atoms with Crippen molar-refractivity contribution in [2.24, 2.45) is 5.92 Å². The average molecular weight is 596 g/mol. The number of amides is 2. The molecule has 1 aliphatic rings. The van der Waals surface area contributed by atoms with Crippen LogP contribution in [0.15, 0.2) is 70.4 Å². The Morgan fingerprint density at radius 1 is 1.09 bits per heavy atom. The molecule has 0 radical (unpaired) electrons. The fourth-order valence-corrected chi connectivity index (χ4v) is 5.65. The van der Waals surface area contributed by atoms with E-state index in [1.807, 2.05) is 44.2 Å². The molecule has 44 heavy (non-hydrogen) atoms. The van der Waals surface area contributed by atoms with E-state index in [2.05, 4.69) is 25.3 Å². The van der Waals surface area contributed by atoms with E-state index in [1.54, 1.807) is 35.8 Å². The highest BCUT2D eigenvalue weighted by Crippen LogP contribution is 2.34. The molecule has 0 saturated carbocycles. The van der Waals surface area contributed by atoms with Crippen LogP contribution in [0.5, 0.6) is 0 Å². The van der Waals surface area contributed by atoms with E-state index in [-0.39, 0.29) is 29.0 Å². The summed E-state index contributed by atoms with van der Waals surface area (Å²) in [5.41, 5.74) is 10.3. The molecular weight excluding hydrogens is 562 g/mol. The second-order valence-electron chi connectivity index (χ2n) is 11.2. The van der Waals surface area contributed by atoms with Gasteiger partial charge < -0.3 is 35.1 Å². The molecule has 1 saturated heterocycles. The summed E-state index contributed by atoms with van der Waals surface area (Å²) < 4.78 is 10.9. The maximum absolute atomic E-state index is 13.5. The molecule has 2 atom stereocenters. The van der Waals surface area contributed by atoms with E-state index in [0.717, 1.165) is 29.7 Å². The van der Waals surface area contributed by atoms with Gasteiger partial charge >= 0.3 is 6.09 Å². The summed E-state index contributed by atoms with van der Waals surface area (Å²) in [6.45, 7) is 4.30. The molecule has 5 N–H and O–H groups in total. The van der Waals surface area contributed by atoms with Gasteiger partial charge in [-0.15, -0.1) is 0 Å². The number of rotatable bonds is 7. The number of carbonyl (C=O) groups excluding carboxylic acids is 2. The van der Waals surface area contributed by atoms with E-state index < -0.39 is 12.1 Å². The molecule has 5 aromatic rings. The number of H-pyrrole nitrogens is 2. The molecular formula is C32H33N7O5. The summed E-state index contributed by atoms with van der Waals surface area (Å²) in [7, 11) is 1.27. The lowest BCUT2D eigenvalue weighted by molar-refractivity contribution is -0.135. The van der Waals surface area contributed by atoms with Crippen LogP contribution in [0.3, 0.4) is 0 Å². The average Bonchev–Trinajstić information content (AvgIpc) is 3.83. The molecule has 4 heterocycles. The van der Waals surface area contributed by atoms with Crippen LogP contribution in [0, 0.1) is 5.92 Å². The Morgan fingerprint density at radius 2 is 1.84 bits per heavy atom. The number of aromatic amines is 2. The molecule has 12 nitrogen and oxygen atoms in total. The van der Waals surface area contributed by atoms with E-state index in [4.69, 9.17) is 14.9 Å². The third kappa shape index (κ3) is 5.30. The Balaban J connectivity index is 1.26. The number of likely N-dealkylation sites (tertiary alicyclic amines) is 1. The van der Waals surface area contributed by atoms with Gasteiger partial charge in [0.1, 0.15) is 23.1 Å². The third-order valence-corrected chi connectivity index (χ3v) is 8.03. The molecule has 3 aromatic heterocycles. The van der Waals surface area contributed by atoms with Gasteiger partial charge in [-0.05, 0) is 42.5 Å². The van der Waals surface area contributed by atoms with Crippen molar-refractivity contribution >= 4 is 28.7 Å². The highest BCUT2D eigenvalue weighted by atomic mass is 16.5. The Labute approximate surface area is 252 Å². The Kier molecular flexibility index (Phi) is 7.64. The van der Waals surface area contributed by atoms with Crippen LogP contribution in [0.25, 0.3) is 44.8 Å². The maximum Gasteiger partial charge on any atom is 0.407 e. The summed E-state index contributed by atoms with van der Waals surface area (Å²) in [4.78, 5) is 55.5. The summed E-state index contributed by atoms with van der Waals surface area (Å²) in [6, 6.07) is 11.8. The number of imidazole rings is 2. The highest BCUT2D eigenvalue weighted by molar-refractivity contribution is 5.89. The van der Waals surface area contributed by atoms with E-state index >= 15 is 0 Å². The van der Waals surface area contributed by atoms with E-state index in [1.165, 1.54) is 7.11 Å². The first kappa shape index (κ1) is 28.7. The SMILES string of the molecule is COC(=O)NC(C(=O)N1CCC[C@H]1c1ncc(-c2ccc3oc(-c4ccc(-c5cnc[nH]5)cc4)c(N)c(=O)c3c2)[nH]1)C(C)C.